The number of Topliss-reactive ketones (excluding diaryl/α,β-unsaturated/α-hetero) is 1. The van der Waals surface area contributed by atoms with E-state index in [1.54, 1.807) is 36.4 Å². The van der Waals surface area contributed by atoms with E-state index in [0.29, 0.717) is 29.8 Å². The molecule has 0 aliphatic carbocycles. The molecule has 2 atom stereocenters. The minimum absolute atomic E-state index is 0.0269. The average molecular weight is 454 g/mol. The molecular formula is C27H36FN3O2. The van der Waals surface area contributed by atoms with E-state index in [1.807, 2.05) is 12.1 Å². The Morgan fingerprint density at radius 2 is 1.94 bits per heavy atom. The van der Waals surface area contributed by atoms with Gasteiger partial charge in [0.15, 0.2) is 5.78 Å². The number of halogens is 1. The zero-order chi connectivity index (χ0) is 23.6. The highest BCUT2D eigenvalue weighted by Gasteiger charge is 2.27. The third-order valence-electron chi connectivity index (χ3n) is 6.42. The molecule has 0 saturated carbocycles. The van der Waals surface area contributed by atoms with Gasteiger partial charge in [0.2, 0.25) is 0 Å². The lowest BCUT2D eigenvalue weighted by atomic mass is 9.84. The number of rotatable bonds is 10. The van der Waals surface area contributed by atoms with E-state index in [0.717, 1.165) is 45.2 Å². The Labute approximate surface area is 196 Å². The predicted molar refractivity (Wildman–Crippen MR) is 131 cm³/mol. The molecule has 0 unspecified atom stereocenters. The van der Waals surface area contributed by atoms with Gasteiger partial charge < -0.3 is 15.5 Å². The van der Waals surface area contributed by atoms with Crippen molar-refractivity contribution in [3.8, 4) is 0 Å². The topological polar surface area (TPSA) is 61.4 Å². The number of nitrogens with one attached hydrogen (secondary N) is 2. The fourth-order valence-electron chi connectivity index (χ4n) is 4.73. The van der Waals surface area contributed by atoms with Gasteiger partial charge in [0.25, 0.3) is 0 Å². The fourth-order valence-corrected chi connectivity index (χ4v) is 4.73. The molecule has 1 aliphatic rings. The monoisotopic (exact) mass is 453 g/mol. The van der Waals surface area contributed by atoms with E-state index in [9.17, 15) is 14.0 Å². The highest BCUT2D eigenvalue weighted by atomic mass is 19.1. The molecule has 1 saturated heterocycles. The van der Waals surface area contributed by atoms with Gasteiger partial charge in [-0.05, 0) is 94.3 Å². The van der Waals surface area contributed by atoms with Crippen LogP contribution in [0.15, 0.2) is 48.5 Å². The number of ketones is 1. The highest BCUT2D eigenvalue weighted by Crippen LogP contribution is 2.28. The first-order valence-corrected chi connectivity index (χ1v) is 12.1. The SMILES string of the molecule is CCCN1CC[C@@H](Cc2ccc(F)cc2)C[C@H]1CCCNC(=O)Nc1cccc(C(C)=O)c1. The van der Waals surface area contributed by atoms with E-state index < -0.39 is 0 Å². The number of amides is 2. The third-order valence-corrected chi connectivity index (χ3v) is 6.42. The van der Waals surface area contributed by atoms with Gasteiger partial charge >= 0.3 is 6.03 Å². The van der Waals surface area contributed by atoms with E-state index >= 15 is 0 Å². The smallest absolute Gasteiger partial charge is 0.319 e. The summed E-state index contributed by atoms with van der Waals surface area (Å²) >= 11 is 0. The number of carbonyl (C=O) groups is 2. The lowest BCUT2D eigenvalue weighted by Crippen LogP contribution is -2.43. The first-order chi connectivity index (χ1) is 15.9. The molecule has 2 aromatic carbocycles. The van der Waals surface area contributed by atoms with Crippen LogP contribution in [0.25, 0.3) is 0 Å². The molecular weight excluding hydrogens is 417 g/mol. The molecule has 0 bridgehead atoms. The van der Waals surface area contributed by atoms with E-state index in [1.165, 1.54) is 18.9 Å². The molecule has 2 aromatic rings. The average Bonchev–Trinajstić information content (AvgIpc) is 2.80. The van der Waals surface area contributed by atoms with Crippen molar-refractivity contribution < 1.29 is 14.0 Å². The Morgan fingerprint density at radius 1 is 1.15 bits per heavy atom. The fraction of sp³-hybridized carbons (Fsp3) is 0.481. The molecule has 6 heteroatoms. The van der Waals surface area contributed by atoms with Gasteiger partial charge in [-0.2, -0.15) is 0 Å². The van der Waals surface area contributed by atoms with Gasteiger partial charge in [-0.3, -0.25) is 4.79 Å². The first kappa shape index (κ1) is 24.9. The third kappa shape index (κ3) is 7.97. The lowest BCUT2D eigenvalue weighted by molar-refractivity contribution is 0.101. The van der Waals surface area contributed by atoms with Crippen molar-refractivity contribution in [3.05, 3.63) is 65.5 Å². The van der Waals surface area contributed by atoms with E-state index in [4.69, 9.17) is 0 Å². The summed E-state index contributed by atoms with van der Waals surface area (Å²) in [6, 6.07) is 14.1. The van der Waals surface area contributed by atoms with Crippen LogP contribution in [0.4, 0.5) is 14.9 Å². The van der Waals surface area contributed by atoms with Crippen molar-refractivity contribution in [2.75, 3.05) is 25.0 Å². The van der Waals surface area contributed by atoms with Crippen LogP contribution in [0.1, 0.15) is 61.9 Å². The van der Waals surface area contributed by atoms with Crippen molar-refractivity contribution >= 4 is 17.5 Å². The summed E-state index contributed by atoms with van der Waals surface area (Å²) in [5, 5.41) is 5.74. The zero-order valence-corrected chi connectivity index (χ0v) is 19.8. The standard InChI is InChI=1S/C27H36FN3O2/c1-3-15-31-16-13-22(17-21-9-11-24(28)12-10-21)18-26(31)8-5-14-29-27(33)30-25-7-4-6-23(19-25)20(2)32/h4,6-7,9-12,19,22,26H,3,5,8,13-18H2,1-2H3,(H2,29,30,33)/t22-,26+/m0/s1. The number of piperidine rings is 1. The summed E-state index contributed by atoms with van der Waals surface area (Å²) in [6.45, 7) is 6.54. The summed E-state index contributed by atoms with van der Waals surface area (Å²) in [7, 11) is 0. The van der Waals surface area contributed by atoms with Crippen molar-refractivity contribution in [2.24, 2.45) is 5.92 Å². The van der Waals surface area contributed by atoms with Gasteiger partial charge in [-0.25, -0.2) is 9.18 Å². The highest BCUT2D eigenvalue weighted by molar-refractivity contribution is 5.96. The van der Waals surface area contributed by atoms with E-state index in [2.05, 4.69) is 22.5 Å². The van der Waals surface area contributed by atoms with Crippen LogP contribution in [-0.4, -0.2) is 42.4 Å². The Morgan fingerprint density at radius 3 is 2.67 bits per heavy atom. The molecule has 33 heavy (non-hydrogen) atoms. The van der Waals surface area contributed by atoms with Crippen molar-refractivity contribution in [2.45, 2.75) is 58.4 Å². The second-order valence-electron chi connectivity index (χ2n) is 9.07. The molecule has 0 radical (unpaired) electrons. The first-order valence-electron chi connectivity index (χ1n) is 12.1. The minimum Gasteiger partial charge on any atom is -0.338 e. The second-order valence-corrected chi connectivity index (χ2v) is 9.07. The van der Waals surface area contributed by atoms with Gasteiger partial charge in [0, 0.05) is 23.8 Å². The maximum Gasteiger partial charge on any atom is 0.319 e. The number of nitrogens with zero attached hydrogens (tertiary/aromatic N) is 1. The summed E-state index contributed by atoms with van der Waals surface area (Å²) < 4.78 is 13.2. The molecule has 2 amide bonds. The van der Waals surface area contributed by atoms with Crippen LogP contribution in [0.5, 0.6) is 0 Å². The van der Waals surface area contributed by atoms with Crippen LogP contribution >= 0.6 is 0 Å². The van der Waals surface area contributed by atoms with Crippen LogP contribution < -0.4 is 10.6 Å². The van der Waals surface area contributed by atoms with Crippen molar-refractivity contribution in [1.29, 1.82) is 0 Å². The van der Waals surface area contributed by atoms with E-state index in [-0.39, 0.29) is 17.6 Å². The number of carbonyl (C=O) groups excluding carboxylic acids is 2. The van der Waals surface area contributed by atoms with Crippen molar-refractivity contribution in [3.63, 3.8) is 0 Å². The largest absolute Gasteiger partial charge is 0.338 e. The molecule has 178 valence electrons. The van der Waals surface area contributed by atoms with Crippen molar-refractivity contribution in [1.82, 2.24) is 10.2 Å². The molecule has 3 rings (SSSR count). The van der Waals surface area contributed by atoms with Gasteiger partial charge in [0.1, 0.15) is 5.82 Å². The number of anilines is 1. The molecule has 5 nitrogen and oxygen atoms in total. The summed E-state index contributed by atoms with van der Waals surface area (Å²) in [5.74, 6) is 0.400. The van der Waals surface area contributed by atoms with Gasteiger partial charge in [-0.15, -0.1) is 0 Å². The quantitative estimate of drug-likeness (QED) is 0.360. The molecule has 1 aliphatic heterocycles. The molecule has 0 aromatic heterocycles. The number of urea groups is 1. The van der Waals surface area contributed by atoms with Crippen LogP contribution in [0.2, 0.25) is 0 Å². The molecule has 0 spiro atoms. The van der Waals surface area contributed by atoms with Crippen LogP contribution in [0, 0.1) is 11.7 Å². The predicted octanol–water partition coefficient (Wildman–Crippen LogP) is 5.66. The van der Waals surface area contributed by atoms with Crippen LogP contribution in [0.3, 0.4) is 0 Å². The molecule has 2 N–H and O–H groups in total. The number of hydrogen-bond donors (Lipinski definition) is 2. The normalized spacial score (nSPS) is 18.6. The lowest BCUT2D eigenvalue weighted by Gasteiger charge is -2.40. The molecule has 1 heterocycles. The maximum atomic E-state index is 13.2. The maximum absolute atomic E-state index is 13.2. The Balaban J connectivity index is 1.45. The summed E-state index contributed by atoms with van der Waals surface area (Å²) in [4.78, 5) is 26.3. The number of hydrogen-bond acceptors (Lipinski definition) is 3. The Bertz CT molecular complexity index is 916. The van der Waals surface area contributed by atoms with Crippen LogP contribution in [-0.2, 0) is 6.42 Å². The second kappa shape index (κ2) is 12.5. The zero-order valence-electron chi connectivity index (χ0n) is 19.8. The molecule has 1 fully saturated rings. The summed E-state index contributed by atoms with van der Waals surface area (Å²) in [6.07, 6.45) is 6.40. The summed E-state index contributed by atoms with van der Waals surface area (Å²) in [5.41, 5.74) is 2.40. The Kier molecular flexibility index (Phi) is 9.43. The van der Waals surface area contributed by atoms with Gasteiger partial charge in [-0.1, -0.05) is 31.2 Å². The number of benzene rings is 2. The van der Waals surface area contributed by atoms with Gasteiger partial charge in [0.05, 0.1) is 0 Å². The minimum atomic E-state index is -0.251. The Hall–Kier alpha value is -2.73. The number of likely N-dealkylation sites (tertiary alicyclic amines) is 1.